The van der Waals surface area contributed by atoms with E-state index in [9.17, 15) is 49.8 Å². The summed E-state index contributed by atoms with van der Waals surface area (Å²) in [6, 6.07) is -0.0401. The zero-order valence-corrected chi connectivity index (χ0v) is 19.9. The van der Waals surface area contributed by atoms with Crippen molar-refractivity contribution in [2.24, 2.45) is 0 Å². The SMILES string of the molecule is C[C@@](O)(C(=O)N1C[C@H](F)[C@H](NC(=O)c2c(F)ccc(-c3cc(C(F)(F)F)c4c(N)ncnn34)c2F)C1)C(F)(F)F. The zero-order chi connectivity index (χ0) is 29.9. The second kappa shape index (κ2) is 9.53. The van der Waals surface area contributed by atoms with Gasteiger partial charge in [0.1, 0.15) is 35.2 Å². The fourth-order valence-electron chi connectivity index (χ4n) is 4.17. The number of amides is 2. The third kappa shape index (κ3) is 4.75. The van der Waals surface area contributed by atoms with Crippen LogP contribution in [-0.2, 0) is 11.0 Å². The number of benzene rings is 1. The molecule has 1 aliphatic rings. The van der Waals surface area contributed by atoms with Gasteiger partial charge in [0.05, 0.1) is 23.8 Å². The van der Waals surface area contributed by atoms with Crippen LogP contribution < -0.4 is 11.1 Å². The molecule has 2 aromatic heterocycles. The number of nitrogen functional groups attached to an aromatic ring is 1. The maximum atomic E-state index is 15.5. The Labute approximate surface area is 217 Å². The van der Waals surface area contributed by atoms with Gasteiger partial charge in [-0.25, -0.2) is 22.7 Å². The number of anilines is 1. The van der Waals surface area contributed by atoms with Crippen LogP contribution in [0.1, 0.15) is 22.8 Å². The number of halogens is 9. The molecule has 0 aliphatic carbocycles. The molecular weight excluding hydrogens is 567 g/mol. The Morgan fingerprint density at radius 1 is 1.12 bits per heavy atom. The van der Waals surface area contributed by atoms with Crippen molar-refractivity contribution in [2.75, 3.05) is 18.8 Å². The van der Waals surface area contributed by atoms with Crippen LogP contribution in [0.25, 0.3) is 16.8 Å². The fourth-order valence-corrected chi connectivity index (χ4v) is 4.17. The van der Waals surface area contributed by atoms with E-state index in [1.807, 2.05) is 5.32 Å². The Balaban J connectivity index is 1.67. The summed E-state index contributed by atoms with van der Waals surface area (Å²) in [7, 11) is 0. The highest BCUT2D eigenvalue weighted by Gasteiger charge is 2.58. The summed E-state index contributed by atoms with van der Waals surface area (Å²) in [5.74, 6) is -7.34. The number of carbonyl (C=O) groups is 2. The molecule has 1 fully saturated rings. The lowest BCUT2D eigenvalue weighted by molar-refractivity contribution is -0.249. The maximum Gasteiger partial charge on any atom is 0.426 e. The molecule has 0 bridgehead atoms. The van der Waals surface area contributed by atoms with Crippen molar-refractivity contribution in [3.63, 3.8) is 0 Å². The Morgan fingerprint density at radius 3 is 2.38 bits per heavy atom. The normalized spacial score (nSPS) is 19.6. The lowest BCUT2D eigenvalue weighted by Crippen LogP contribution is -2.56. The first-order valence-electron chi connectivity index (χ1n) is 11.1. The van der Waals surface area contributed by atoms with Crippen LogP contribution in [0.5, 0.6) is 0 Å². The number of nitrogens with zero attached hydrogens (tertiary/aromatic N) is 4. The Hall–Kier alpha value is -4.09. The van der Waals surface area contributed by atoms with E-state index in [-0.39, 0.29) is 11.8 Å². The third-order valence-electron chi connectivity index (χ3n) is 6.30. The van der Waals surface area contributed by atoms with Crippen LogP contribution in [-0.4, -0.2) is 73.5 Å². The summed E-state index contributed by atoms with van der Waals surface area (Å²) in [5, 5.41) is 15.0. The molecule has 9 nitrogen and oxygen atoms in total. The van der Waals surface area contributed by atoms with Gasteiger partial charge < -0.3 is 21.1 Å². The van der Waals surface area contributed by atoms with E-state index in [4.69, 9.17) is 5.73 Å². The van der Waals surface area contributed by atoms with Crippen LogP contribution in [0.2, 0.25) is 0 Å². The average Bonchev–Trinajstić information content (AvgIpc) is 3.39. The van der Waals surface area contributed by atoms with E-state index < -0.39 is 100 Å². The minimum absolute atomic E-state index is 0.152. The number of aliphatic hydroxyl groups is 1. The van der Waals surface area contributed by atoms with E-state index in [0.717, 1.165) is 12.4 Å². The van der Waals surface area contributed by atoms with Crippen LogP contribution >= 0.6 is 0 Å². The summed E-state index contributed by atoms with van der Waals surface area (Å²) in [6.45, 7) is -1.73. The van der Waals surface area contributed by atoms with Gasteiger partial charge in [-0.1, -0.05) is 0 Å². The van der Waals surface area contributed by atoms with Gasteiger partial charge in [0.2, 0.25) is 5.60 Å². The maximum absolute atomic E-state index is 15.5. The van der Waals surface area contributed by atoms with E-state index in [0.29, 0.717) is 16.6 Å². The number of nitrogens with two attached hydrogens (primary N) is 1. The van der Waals surface area contributed by atoms with Gasteiger partial charge in [-0.3, -0.25) is 9.59 Å². The monoisotopic (exact) mass is 584 g/mol. The molecule has 40 heavy (non-hydrogen) atoms. The fraction of sp³-hybridized carbons (Fsp3) is 0.364. The molecule has 1 aromatic carbocycles. The Morgan fingerprint density at radius 2 is 1.77 bits per heavy atom. The van der Waals surface area contributed by atoms with Crippen molar-refractivity contribution in [1.82, 2.24) is 24.8 Å². The number of carbonyl (C=O) groups excluding carboxylic acids is 2. The molecule has 18 heteroatoms. The molecule has 0 spiro atoms. The van der Waals surface area contributed by atoms with E-state index in [2.05, 4.69) is 10.1 Å². The zero-order valence-electron chi connectivity index (χ0n) is 19.9. The highest BCUT2D eigenvalue weighted by atomic mass is 19.4. The second-order valence-electron chi connectivity index (χ2n) is 9.01. The molecule has 3 atom stereocenters. The van der Waals surface area contributed by atoms with E-state index in [1.54, 1.807) is 0 Å². The minimum Gasteiger partial charge on any atom is -0.382 e. The van der Waals surface area contributed by atoms with E-state index in [1.165, 1.54) is 0 Å². The lowest BCUT2D eigenvalue weighted by atomic mass is 10.0. The molecule has 1 aliphatic heterocycles. The van der Waals surface area contributed by atoms with Gasteiger partial charge in [0.25, 0.3) is 11.8 Å². The van der Waals surface area contributed by atoms with Crippen LogP contribution in [0, 0.1) is 11.6 Å². The van der Waals surface area contributed by atoms with Gasteiger partial charge in [0, 0.05) is 12.1 Å². The summed E-state index contributed by atoms with van der Waals surface area (Å²) >= 11 is 0. The molecule has 2 amide bonds. The molecule has 3 aromatic rings. The number of aromatic nitrogens is 3. The highest BCUT2D eigenvalue weighted by molar-refractivity contribution is 5.97. The number of nitrogens with one attached hydrogen (secondary N) is 1. The first-order valence-corrected chi connectivity index (χ1v) is 11.1. The minimum atomic E-state index is -5.41. The number of hydrogen-bond donors (Lipinski definition) is 3. The summed E-state index contributed by atoms with van der Waals surface area (Å²) in [4.78, 5) is 28.6. The van der Waals surface area contributed by atoms with Crippen molar-refractivity contribution < 1.29 is 54.2 Å². The van der Waals surface area contributed by atoms with Gasteiger partial charge >= 0.3 is 12.4 Å². The predicted molar refractivity (Wildman–Crippen MR) is 117 cm³/mol. The van der Waals surface area contributed by atoms with Crippen LogP contribution in [0.4, 0.5) is 45.3 Å². The number of fused-ring (bicyclic) bond motifs is 1. The summed E-state index contributed by atoms with van der Waals surface area (Å²) in [5.41, 5.74) is -3.14. The molecule has 0 saturated carbocycles. The van der Waals surface area contributed by atoms with Crippen LogP contribution in [0.3, 0.4) is 0 Å². The van der Waals surface area contributed by atoms with Crippen LogP contribution in [0.15, 0.2) is 24.5 Å². The molecule has 1 saturated heterocycles. The van der Waals surface area contributed by atoms with Crippen molar-refractivity contribution >= 4 is 23.1 Å². The standard InChI is InChI=1S/C22H17F9N6O3/c1-20(40,22(29,30)31)19(39)36-5-11(24)12(6-36)35-18(38)14-10(23)3-2-8(15(14)25)13-4-9(21(26,27)28)16-17(32)33-7-34-37(13)16/h2-4,7,11-12,40H,5-6H2,1H3,(H,35,38)(H2,32,33,34)/t11-,12+,20+/m0/s1. The van der Waals surface area contributed by atoms with Crippen molar-refractivity contribution in [3.05, 3.63) is 47.3 Å². The average molecular weight is 584 g/mol. The van der Waals surface area contributed by atoms with Crippen molar-refractivity contribution in [2.45, 2.75) is 37.1 Å². The molecule has 216 valence electrons. The van der Waals surface area contributed by atoms with Gasteiger partial charge in [-0.05, 0) is 25.1 Å². The molecule has 3 heterocycles. The van der Waals surface area contributed by atoms with Gasteiger partial charge in [-0.2, -0.15) is 31.4 Å². The number of rotatable bonds is 4. The lowest BCUT2D eigenvalue weighted by Gasteiger charge is -2.29. The predicted octanol–water partition coefficient (Wildman–Crippen LogP) is 2.87. The van der Waals surface area contributed by atoms with Crippen molar-refractivity contribution in [3.8, 4) is 11.3 Å². The van der Waals surface area contributed by atoms with Gasteiger partial charge in [0.15, 0.2) is 5.82 Å². The van der Waals surface area contributed by atoms with Gasteiger partial charge in [-0.15, -0.1) is 0 Å². The molecule has 4 rings (SSSR count). The molecular formula is C22H17F9N6O3. The second-order valence-corrected chi connectivity index (χ2v) is 9.01. The number of alkyl halides is 7. The van der Waals surface area contributed by atoms with E-state index >= 15 is 4.39 Å². The quantitative estimate of drug-likeness (QED) is 0.405. The Bertz CT molecular complexity index is 1500. The summed E-state index contributed by atoms with van der Waals surface area (Å²) in [6.07, 6.45) is -11.8. The topological polar surface area (TPSA) is 126 Å². The smallest absolute Gasteiger partial charge is 0.382 e. The Kier molecular flexibility index (Phi) is 6.89. The van der Waals surface area contributed by atoms with Crippen molar-refractivity contribution in [1.29, 1.82) is 0 Å². The molecule has 4 N–H and O–H groups in total. The number of hydrogen-bond acceptors (Lipinski definition) is 6. The third-order valence-corrected chi connectivity index (χ3v) is 6.30. The largest absolute Gasteiger partial charge is 0.426 e. The first kappa shape index (κ1) is 28.9. The molecule has 0 unspecified atom stereocenters. The number of likely N-dealkylation sites (tertiary alicyclic amines) is 1. The first-order chi connectivity index (χ1) is 18.4. The molecule has 0 radical (unpaired) electrons. The summed E-state index contributed by atoms with van der Waals surface area (Å²) < 4.78 is 125. The highest BCUT2D eigenvalue weighted by Crippen LogP contribution is 2.40.